The third kappa shape index (κ3) is 3.95. The standard InChI is InChI=1S/C18H22BrN5O2/c1-11(2)16(21-17(25)12-6-3-4-7-13(12)19)18(26)20-10-15-23-22-14-8-5-9-24(14)15/h3-4,6-7,11,16H,5,8-10H2,1-2H3,(H,20,26)(H,21,25)/t16-/m0/s1. The zero-order valence-electron chi connectivity index (χ0n) is 14.8. The molecule has 2 heterocycles. The Morgan fingerprint density at radius 1 is 1.27 bits per heavy atom. The first-order chi connectivity index (χ1) is 12.5. The molecule has 0 saturated heterocycles. The van der Waals surface area contributed by atoms with Crippen molar-refractivity contribution in [1.29, 1.82) is 0 Å². The number of amides is 2. The topological polar surface area (TPSA) is 88.9 Å². The van der Waals surface area contributed by atoms with E-state index < -0.39 is 6.04 Å². The highest BCUT2D eigenvalue weighted by molar-refractivity contribution is 9.10. The Morgan fingerprint density at radius 2 is 2.04 bits per heavy atom. The van der Waals surface area contributed by atoms with Crippen molar-refractivity contribution in [3.8, 4) is 0 Å². The monoisotopic (exact) mass is 419 g/mol. The normalized spacial score (nSPS) is 14.2. The van der Waals surface area contributed by atoms with Gasteiger partial charge in [0.1, 0.15) is 11.9 Å². The molecule has 1 aliphatic heterocycles. The van der Waals surface area contributed by atoms with Gasteiger partial charge in [0.15, 0.2) is 5.82 Å². The van der Waals surface area contributed by atoms with Crippen molar-refractivity contribution in [1.82, 2.24) is 25.4 Å². The predicted octanol–water partition coefficient (Wildman–Crippen LogP) is 2.06. The van der Waals surface area contributed by atoms with Gasteiger partial charge in [-0.2, -0.15) is 0 Å². The van der Waals surface area contributed by atoms with Crippen LogP contribution in [0.25, 0.3) is 0 Å². The number of rotatable bonds is 6. The van der Waals surface area contributed by atoms with E-state index >= 15 is 0 Å². The summed E-state index contributed by atoms with van der Waals surface area (Å²) in [4.78, 5) is 25.2. The predicted molar refractivity (Wildman–Crippen MR) is 100 cm³/mol. The molecule has 0 unspecified atom stereocenters. The van der Waals surface area contributed by atoms with Crippen LogP contribution < -0.4 is 10.6 Å². The van der Waals surface area contributed by atoms with Crippen LogP contribution in [-0.4, -0.2) is 32.6 Å². The zero-order chi connectivity index (χ0) is 18.7. The first kappa shape index (κ1) is 18.6. The van der Waals surface area contributed by atoms with Gasteiger partial charge in [0, 0.05) is 17.4 Å². The van der Waals surface area contributed by atoms with E-state index in [-0.39, 0.29) is 17.7 Å². The maximum Gasteiger partial charge on any atom is 0.253 e. The van der Waals surface area contributed by atoms with Crippen molar-refractivity contribution in [2.75, 3.05) is 0 Å². The molecule has 0 bridgehead atoms. The van der Waals surface area contributed by atoms with E-state index in [1.807, 2.05) is 24.5 Å². The second kappa shape index (κ2) is 7.99. The van der Waals surface area contributed by atoms with Gasteiger partial charge in [-0.15, -0.1) is 10.2 Å². The molecule has 3 rings (SSSR count). The first-order valence-corrected chi connectivity index (χ1v) is 9.50. The van der Waals surface area contributed by atoms with Gasteiger partial charge in [0.25, 0.3) is 5.91 Å². The fraction of sp³-hybridized carbons (Fsp3) is 0.444. The van der Waals surface area contributed by atoms with Crippen LogP contribution in [0.2, 0.25) is 0 Å². The molecule has 2 aromatic rings. The SMILES string of the molecule is CC(C)[C@H](NC(=O)c1ccccc1Br)C(=O)NCc1nnc2n1CCC2. The molecule has 138 valence electrons. The second-order valence-electron chi connectivity index (χ2n) is 6.68. The summed E-state index contributed by atoms with van der Waals surface area (Å²) in [6.07, 6.45) is 1.99. The van der Waals surface area contributed by atoms with Gasteiger partial charge in [-0.25, -0.2) is 0 Å². The summed E-state index contributed by atoms with van der Waals surface area (Å²) in [6, 6.07) is 6.51. The van der Waals surface area contributed by atoms with E-state index in [1.54, 1.807) is 18.2 Å². The number of aromatic nitrogens is 3. The molecule has 1 aromatic heterocycles. The summed E-state index contributed by atoms with van der Waals surface area (Å²) in [6.45, 7) is 5.00. The van der Waals surface area contributed by atoms with Crippen LogP contribution in [0, 0.1) is 5.92 Å². The van der Waals surface area contributed by atoms with Crippen molar-refractivity contribution < 1.29 is 9.59 Å². The van der Waals surface area contributed by atoms with Crippen molar-refractivity contribution in [3.63, 3.8) is 0 Å². The van der Waals surface area contributed by atoms with Gasteiger partial charge in [0.05, 0.1) is 12.1 Å². The summed E-state index contributed by atoms with van der Waals surface area (Å²) in [5, 5.41) is 14.0. The molecule has 0 fully saturated rings. The van der Waals surface area contributed by atoms with Crippen LogP contribution in [0.4, 0.5) is 0 Å². The van der Waals surface area contributed by atoms with Gasteiger partial charge in [-0.05, 0) is 40.4 Å². The van der Waals surface area contributed by atoms with E-state index in [9.17, 15) is 9.59 Å². The average Bonchev–Trinajstić information content (AvgIpc) is 3.21. The fourth-order valence-corrected chi connectivity index (χ4v) is 3.48. The molecule has 8 heteroatoms. The van der Waals surface area contributed by atoms with Crippen LogP contribution in [0.1, 0.15) is 42.3 Å². The van der Waals surface area contributed by atoms with Crippen LogP contribution in [-0.2, 0) is 24.3 Å². The Kier molecular flexibility index (Phi) is 5.70. The number of carbonyl (C=O) groups is 2. The summed E-state index contributed by atoms with van der Waals surface area (Å²) in [5.41, 5.74) is 0.501. The van der Waals surface area contributed by atoms with Gasteiger partial charge >= 0.3 is 0 Å². The quantitative estimate of drug-likeness (QED) is 0.749. The molecule has 0 radical (unpaired) electrons. The number of hydrogen-bond acceptors (Lipinski definition) is 4. The van der Waals surface area contributed by atoms with Crippen LogP contribution in [0.5, 0.6) is 0 Å². The fourth-order valence-electron chi connectivity index (χ4n) is 3.02. The van der Waals surface area contributed by atoms with E-state index in [0.29, 0.717) is 16.6 Å². The summed E-state index contributed by atoms with van der Waals surface area (Å²) < 4.78 is 2.74. The maximum atomic E-state index is 12.6. The largest absolute Gasteiger partial charge is 0.347 e. The Bertz CT molecular complexity index is 818. The highest BCUT2D eigenvalue weighted by atomic mass is 79.9. The third-order valence-electron chi connectivity index (χ3n) is 4.46. The van der Waals surface area contributed by atoms with Crippen molar-refractivity contribution in [2.45, 2.75) is 45.8 Å². The minimum Gasteiger partial charge on any atom is -0.347 e. The second-order valence-corrected chi connectivity index (χ2v) is 7.53. The molecule has 26 heavy (non-hydrogen) atoms. The molecule has 1 atom stereocenters. The summed E-state index contributed by atoms with van der Waals surface area (Å²) in [5.74, 6) is 1.17. The number of nitrogens with one attached hydrogen (secondary N) is 2. The van der Waals surface area contributed by atoms with Crippen molar-refractivity contribution >= 4 is 27.7 Å². The lowest BCUT2D eigenvalue weighted by molar-refractivity contribution is -0.124. The lowest BCUT2D eigenvalue weighted by atomic mass is 10.0. The highest BCUT2D eigenvalue weighted by Gasteiger charge is 2.26. The van der Waals surface area contributed by atoms with Gasteiger partial charge < -0.3 is 15.2 Å². The number of halogens is 1. The molecular weight excluding hydrogens is 398 g/mol. The molecule has 0 spiro atoms. The van der Waals surface area contributed by atoms with E-state index in [1.165, 1.54) is 0 Å². The Labute approximate surface area is 160 Å². The van der Waals surface area contributed by atoms with Gasteiger partial charge in [-0.3, -0.25) is 9.59 Å². The van der Waals surface area contributed by atoms with Crippen LogP contribution in [0.3, 0.4) is 0 Å². The molecule has 1 aromatic carbocycles. The lowest BCUT2D eigenvalue weighted by Crippen LogP contribution is -2.49. The van der Waals surface area contributed by atoms with E-state index in [4.69, 9.17) is 0 Å². The van der Waals surface area contributed by atoms with Crippen LogP contribution >= 0.6 is 15.9 Å². The highest BCUT2D eigenvalue weighted by Crippen LogP contribution is 2.17. The van der Waals surface area contributed by atoms with Crippen molar-refractivity contribution in [2.24, 2.45) is 5.92 Å². The number of nitrogens with zero attached hydrogens (tertiary/aromatic N) is 3. The summed E-state index contributed by atoms with van der Waals surface area (Å²) in [7, 11) is 0. The number of fused-ring (bicyclic) bond motifs is 1. The Hall–Kier alpha value is -2.22. The smallest absolute Gasteiger partial charge is 0.253 e. The minimum atomic E-state index is -0.629. The first-order valence-electron chi connectivity index (χ1n) is 8.71. The Balaban J connectivity index is 1.64. The van der Waals surface area contributed by atoms with E-state index in [0.717, 1.165) is 31.0 Å². The molecule has 2 amide bonds. The minimum absolute atomic E-state index is 0.0504. The average molecular weight is 420 g/mol. The van der Waals surface area contributed by atoms with Crippen molar-refractivity contribution in [3.05, 3.63) is 46.0 Å². The molecule has 0 saturated carbocycles. The van der Waals surface area contributed by atoms with E-state index in [2.05, 4.69) is 36.8 Å². The number of carbonyl (C=O) groups excluding carboxylic acids is 2. The molecule has 0 aliphatic carbocycles. The summed E-state index contributed by atoms with van der Waals surface area (Å²) >= 11 is 3.37. The third-order valence-corrected chi connectivity index (χ3v) is 5.15. The zero-order valence-corrected chi connectivity index (χ0v) is 16.4. The molecule has 7 nitrogen and oxygen atoms in total. The number of aryl methyl sites for hydroxylation is 1. The number of hydrogen-bond donors (Lipinski definition) is 2. The van der Waals surface area contributed by atoms with Gasteiger partial charge in [0.2, 0.25) is 5.91 Å². The molecular formula is C18H22BrN5O2. The maximum absolute atomic E-state index is 12.6. The van der Waals surface area contributed by atoms with Crippen LogP contribution in [0.15, 0.2) is 28.7 Å². The molecule has 2 N–H and O–H groups in total. The number of benzene rings is 1. The lowest BCUT2D eigenvalue weighted by Gasteiger charge is -2.22. The Morgan fingerprint density at radius 3 is 2.77 bits per heavy atom. The van der Waals surface area contributed by atoms with Gasteiger partial charge in [-0.1, -0.05) is 26.0 Å². The molecule has 1 aliphatic rings.